The van der Waals surface area contributed by atoms with Gasteiger partial charge in [0.05, 0.1) is 18.9 Å². The van der Waals surface area contributed by atoms with Gasteiger partial charge in [0.25, 0.3) is 0 Å². The first-order valence-corrected chi connectivity index (χ1v) is 7.82. The lowest BCUT2D eigenvalue weighted by molar-refractivity contribution is 0.122. The molecule has 0 spiro atoms. The molecule has 0 atom stereocenters. The summed E-state index contributed by atoms with van der Waals surface area (Å²) < 4.78 is 7.28. The molecule has 2 aromatic heterocycles. The van der Waals surface area contributed by atoms with Crippen LogP contribution in [0.15, 0.2) is 42.5 Å². The number of pyridine rings is 1. The molecule has 0 unspecified atom stereocenters. The highest BCUT2D eigenvalue weighted by molar-refractivity contribution is 5.66. The molecule has 1 aliphatic heterocycles. The fourth-order valence-electron chi connectivity index (χ4n) is 2.89. The maximum atomic E-state index is 5.41. The summed E-state index contributed by atoms with van der Waals surface area (Å²) in [6.07, 6.45) is 0. The summed E-state index contributed by atoms with van der Waals surface area (Å²) in [4.78, 5) is 6.78. The standard InChI is InChI=1S/C17H19N5O/c1-18-17-19-16-4-2-3-15(22(16)20-17)13-5-7-14(8-6-13)21-9-11-23-12-10-21/h2-8H,9-12H2,1H3,(H,18,20). The third kappa shape index (κ3) is 2.61. The second kappa shape index (κ2) is 5.89. The quantitative estimate of drug-likeness (QED) is 0.804. The number of anilines is 2. The molecule has 6 heteroatoms. The first kappa shape index (κ1) is 14.0. The first-order valence-electron chi connectivity index (χ1n) is 7.82. The highest BCUT2D eigenvalue weighted by atomic mass is 16.5. The van der Waals surface area contributed by atoms with E-state index < -0.39 is 0 Å². The van der Waals surface area contributed by atoms with Gasteiger partial charge in [-0.15, -0.1) is 5.10 Å². The van der Waals surface area contributed by atoms with E-state index in [1.54, 1.807) is 0 Å². The number of fused-ring (bicyclic) bond motifs is 1. The van der Waals surface area contributed by atoms with Gasteiger partial charge in [0.1, 0.15) is 0 Å². The van der Waals surface area contributed by atoms with Gasteiger partial charge in [-0.2, -0.15) is 4.98 Å². The normalized spacial score (nSPS) is 15.1. The zero-order chi connectivity index (χ0) is 15.6. The SMILES string of the molecule is CNc1nc2cccc(-c3ccc(N4CCOCC4)cc3)n2n1. The predicted octanol–water partition coefficient (Wildman–Crippen LogP) is 2.27. The zero-order valence-electron chi connectivity index (χ0n) is 13.1. The van der Waals surface area contributed by atoms with E-state index in [0.29, 0.717) is 5.95 Å². The molecule has 1 fully saturated rings. The van der Waals surface area contributed by atoms with Crippen molar-refractivity contribution in [2.45, 2.75) is 0 Å². The van der Waals surface area contributed by atoms with Crippen LogP contribution in [0.1, 0.15) is 0 Å². The largest absolute Gasteiger partial charge is 0.378 e. The molecule has 1 N–H and O–H groups in total. The monoisotopic (exact) mass is 309 g/mol. The van der Waals surface area contributed by atoms with Crippen LogP contribution in [0, 0.1) is 0 Å². The van der Waals surface area contributed by atoms with Crippen LogP contribution in [0.5, 0.6) is 0 Å². The first-order chi connectivity index (χ1) is 11.3. The Hall–Kier alpha value is -2.60. The summed E-state index contributed by atoms with van der Waals surface area (Å²) in [6, 6.07) is 14.6. The van der Waals surface area contributed by atoms with Crippen molar-refractivity contribution in [3.63, 3.8) is 0 Å². The number of hydrogen-bond donors (Lipinski definition) is 1. The van der Waals surface area contributed by atoms with Crippen molar-refractivity contribution < 1.29 is 4.74 Å². The number of morpholine rings is 1. The van der Waals surface area contributed by atoms with E-state index in [-0.39, 0.29) is 0 Å². The van der Waals surface area contributed by atoms with E-state index >= 15 is 0 Å². The van der Waals surface area contributed by atoms with Gasteiger partial charge in [-0.05, 0) is 24.3 Å². The van der Waals surface area contributed by atoms with E-state index in [0.717, 1.165) is 43.2 Å². The van der Waals surface area contributed by atoms with Crippen LogP contribution >= 0.6 is 0 Å². The molecule has 3 aromatic rings. The van der Waals surface area contributed by atoms with Crippen LogP contribution in [0.4, 0.5) is 11.6 Å². The van der Waals surface area contributed by atoms with Gasteiger partial charge in [0.15, 0.2) is 5.65 Å². The predicted molar refractivity (Wildman–Crippen MR) is 91.0 cm³/mol. The summed E-state index contributed by atoms with van der Waals surface area (Å²) in [7, 11) is 1.82. The minimum atomic E-state index is 0.627. The molecular weight excluding hydrogens is 290 g/mol. The van der Waals surface area contributed by atoms with E-state index in [2.05, 4.69) is 50.6 Å². The Balaban J connectivity index is 1.69. The highest BCUT2D eigenvalue weighted by Crippen LogP contribution is 2.24. The number of aromatic nitrogens is 3. The lowest BCUT2D eigenvalue weighted by atomic mass is 10.1. The summed E-state index contributed by atoms with van der Waals surface area (Å²) in [5, 5.41) is 7.47. The van der Waals surface area contributed by atoms with E-state index in [4.69, 9.17) is 4.74 Å². The number of benzene rings is 1. The van der Waals surface area contributed by atoms with Crippen LogP contribution in [0.2, 0.25) is 0 Å². The topological polar surface area (TPSA) is 54.7 Å². The van der Waals surface area contributed by atoms with Crippen LogP contribution in [0.3, 0.4) is 0 Å². The number of rotatable bonds is 3. The van der Waals surface area contributed by atoms with Crippen molar-refractivity contribution in [2.75, 3.05) is 43.6 Å². The summed E-state index contributed by atoms with van der Waals surface area (Å²) in [5.41, 5.74) is 4.23. The van der Waals surface area contributed by atoms with Crippen molar-refractivity contribution >= 4 is 17.3 Å². The summed E-state index contributed by atoms with van der Waals surface area (Å²) in [6.45, 7) is 3.49. The average Bonchev–Trinajstić information content (AvgIpc) is 3.06. The number of nitrogens with one attached hydrogen (secondary N) is 1. The molecule has 118 valence electrons. The Morgan fingerprint density at radius 3 is 2.57 bits per heavy atom. The molecule has 0 saturated carbocycles. The fourth-order valence-corrected chi connectivity index (χ4v) is 2.89. The lowest BCUT2D eigenvalue weighted by Gasteiger charge is -2.28. The van der Waals surface area contributed by atoms with Gasteiger partial charge < -0.3 is 15.0 Å². The highest BCUT2D eigenvalue weighted by Gasteiger charge is 2.12. The average molecular weight is 309 g/mol. The molecular formula is C17H19N5O. The Kier molecular flexibility index (Phi) is 3.59. The van der Waals surface area contributed by atoms with E-state index in [1.165, 1.54) is 5.69 Å². The van der Waals surface area contributed by atoms with Crippen LogP contribution in [-0.2, 0) is 4.74 Å². The minimum absolute atomic E-state index is 0.627. The van der Waals surface area contributed by atoms with Crippen LogP contribution in [-0.4, -0.2) is 47.9 Å². The lowest BCUT2D eigenvalue weighted by Crippen LogP contribution is -2.36. The molecule has 23 heavy (non-hydrogen) atoms. The number of hydrogen-bond acceptors (Lipinski definition) is 5. The van der Waals surface area contributed by atoms with Crippen molar-refractivity contribution in [2.24, 2.45) is 0 Å². The Labute approximate surface area is 134 Å². The van der Waals surface area contributed by atoms with E-state index in [9.17, 15) is 0 Å². The maximum Gasteiger partial charge on any atom is 0.242 e. The van der Waals surface area contributed by atoms with Crippen molar-refractivity contribution in [1.82, 2.24) is 14.6 Å². The van der Waals surface area contributed by atoms with Crippen molar-refractivity contribution in [3.8, 4) is 11.3 Å². The van der Waals surface area contributed by atoms with Gasteiger partial charge in [-0.3, -0.25) is 0 Å². The molecule has 6 nitrogen and oxygen atoms in total. The second-order valence-electron chi connectivity index (χ2n) is 5.51. The molecule has 3 heterocycles. The molecule has 1 aromatic carbocycles. The smallest absolute Gasteiger partial charge is 0.242 e. The molecule has 0 bridgehead atoms. The minimum Gasteiger partial charge on any atom is -0.378 e. The van der Waals surface area contributed by atoms with Gasteiger partial charge in [-0.25, -0.2) is 4.52 Å². The van der Waals surface area contributed by atoms with Gasteiger partial charge in [0, 0.05) is 31.4 Å². The van der Waals surface area contributed by atoms with E-state index in [1.807, 2.05) is 23.7 Å². The molecule has 1 saturated heterocycles. The molecule has 0 radical (unpaired) electrons. The Morgan fingerprint density at radius 1 is 1.04 bits per heavy atom. The van der Waals surface area contributed by atoms with Crippen LogP contribution < -0.4 is 10.2 Å². The maximum absolute atomic E-state index is 5.41. The molecule has 4 rings (SSSR count). The fraction of sp³-hybridized carbons (Fsp3) is 0.294. The summed E-state index contributed by atoms with van der Waals surface area (Å²) in [5.74, 6) is 0.627. The van der Waals surface area contributed by atoms with Crippen molar-refractivity contribution in [3.05, 3.63) is 42.5 Å². The van der Waals surface area contributed by atoms with Gasteiger partial charge in [-0.1, -0.05) is 18.2 Å². The number of ether oxygens (including phenoxy) is 1. The summed E-state index contributed by atoms with van der Waals surface area (Å²) >= 11 is 0. The Morgan fingerprint density at radius 2 is 1.83 bits per heavy atom. The zero-order valence-corrected chi connectivity index (χ0v) is 13.1. The third-order valence-corrected chi connectivity index (χ3v) is 4.12. The van der Waals surface area contributed by atoms with Crippen LogP contribution in [0.25, 0.3) is 16.9 Å². The molecule has 0 aliphatic carbocycles. The van der Waals surface area contributed by atoms with Gasteiger partial charge in [0.2, 0.25) is 5.95 Å². The molecule has 0 amide bonds. The number of nitrogens with zero attached hydrogens (tertiary/aromatic N) is 4. The second-order valence-corrected chi connectivity index (χ2v) is 5.51. The van der Waals surface area contributed by atoms with Crippen molar-refractivity contribution in [1.29, 1.82) is 0 Å². The Bertz CT molecular complexity index is 805. The molecule has 1 aliphatic rings. The van der Waals surface area contributed by atoms with Gasteiger partial charge >= 0.3 is 0 Å². The third-order valence-electron chi connectivity index (χ3n) is 4.12.